The van der Waals surface area contributed by atoms with Crippen LogP contribution in [0.1, 0.15) is 50.2 Å². The Morgan fingerprint density at radius 1 is 0.971 bits per heavy atom. The zero-order valence-electron chi connectivity index (χ0n) is 20.1. The van der Waals surface area contributed by atoms with Gasteiger partial charge in [0.25, 0.3) is 0 Å². The molecule has 35 heavy (non-hydrogen) atoms. The van der Waals surface area contributed by atoms with Crippen LogP contribution in [0, 0.1) is 23.7 Å². The third kappa shape index (κ3) is 4.28. The first-order valence-electron chi connectivity index (χ1n) is 12.5. The molecule has 7 heteroatoms. The van der Waals surface area contributed by atoms with E-state index in [1.54, 1.807) is 0 Å². The Morgan fingerprint density at radius 2 is 1.57 bits per heavy atom. The van der Waals surface area contributed by atoms with E-state index in [-0.39, 0.29) is 42.2 Å². The highest BCUT2D eigenvalue weighted by Crippen LogP contribution is 2.48. The molecule has 3 aliphatic rings. The quantitative estimate of drug-likeness (QED) is 0.557. The fourth-order valence-corrected chi connectivity index (χ4v) is 6.41. The molecule has 2 fully saturated rings. The van der Waals surface area contributed by atoms with Crippen molar-refractivity contribution < 1.29 is 24.2 Å². The minimum atomic E-state index is -0.854. The number of carbonyl (C=O) groups is 3. The normalized spacial score (nSPS) is 25.1. The fraction of sp³-hybridized carbons (Fsp3) is 0.464. The van der Waals surface area contributed by atoms with Crippen LogP contribution in [0.4, 0.5) is 4.79 Å². The Kier molecular flexibility index (Phi) is 6.26. The number of aliphatic carboxylic acids is 1. The Bertz CT molecular complexity index is 1100. The lowest BCUT2D eigenvalue weighted by atomic mass is 9.84. The SMILES string of the molecule is CC(C)[C@@H](NC(=O)OCC1c2ccccc2-c2ccccc21)C(=O)NC1C2CCC(C2)C1C(=O)O. The zero-order valence-corrected chi connectivity index (χ0v) is 20.1. The first-order chi connectivity index (χ1) is 16.8. The van der Waals surface area contributed by atoms with Crippen LogP contribution in [-0.4, -0.2) is 41.8 Å². The van der Waals surface area contributed by atoms with Gasteiger partial charge in [0.1, 0.15) is 12.6 Å². The van der Waals surface area contributed by atoms with E-state index in [0.29, 0.717) is 0 Å². The molecular formula is C28H32N2O5. The summed E-state index contributed by atoms with van der Waals surface area (Å²) in [5.41, 5.74) is 4.54. The summed E-state index contributed by atoms with van der Waals surface area (Å²) in [4.78, 5) is 37.7. The third-order valence-corrected chi connectivity index (χ3v) is 8.08. The van der Waals surface area contributed by atoms with Crippen molar-refractivity contribution in [1.82, 2.24) is 10.6 Å². The summed E-state index contributed by atoms with van der Waals surface area (Å²) >= 11 is 0. The first-order valence-corrected chi connectivity index (χ1v) is 12.5. The summed E-state index contributed by atoms with van der Waals surface area (Å²) in [6.07, 6.45) is 2.03. The Morgan fingerprint density at radius 3 is 2.17 bits per heavy atom. The van der Waals surface area contributed by atoms with Gasteiger partial charge in [0.2, 0.25) is 5.91 Å². The standard InChI is InChI=1S/C28H32N2O5/c1-15(2)24(26(31)29-25-17-12-11-16(13-17)23(25)27(32)33)30-28(34)35-14-22-20-9-5-3-7-18(20)19-8-4-6-10-21(19)22/h3-10,15-17,22-25H,11-14H2,1-2H3,(H,29,31)(H,30,34)(H,32,33)/t16?,17?,23?,24-,25?/m1/s1. The first kappa shape index (κ1) is 23.4. The largest absolute Gasteiger partial charge is 0.481 e. The molecule has 3 N–H and O–H groups in total. The predicted octanol–water partition coefficient (Wildman–Crippen LogP) is 4.17. The lowest BCUT2D eigenvalue weighted by Crippen LogP contribution is -2.55. The van der Waals surface area contributed by atoms with Crippen molar-refractivity contribution in [2.45, 2.75) is 51.1 Å². The Balaban J connectivity index is 1.23. The van der Waals surface area contributed by atoms with Gasteiger partial charge in [0.15, 0.2) is 0 Å². The highest BCUT2D eigenvalue weighted by atomic mass is 16.5. The second-order valence-corrected chi connectivity index (χ2v) is 10.4. The van der Waals surface area contributed by atoms with Crippen LogP contribution in [0.5, 0.6) is 0 Å². The molecule has 0 spiro atoms. The number of ether oxygens (including phenoxy) is 1. The smallest absolute Gasteiger partial charge is 0.407 e. The molecule has 184 valence electrons. The predicted molar refractivity (Wildman–Crippen MR) is 131 cm³/mol. The van der Waals surface area contributed by atoms with Gasteiger partial charge in [0, 0.05) is 12.0 Å². The van der Waals surface area contributed by atoms with E-state index in [2.05, 4.69) is 34.9 Å². The lowest BCUT2D eigenvalue weighted by molar-refractivity contribution is -0.144. The van der Waals surface area contributed by atoms with Gasteiger partial charge in [-0.05, 0) is 59.3 Å². The molecule has 2 amide bonds. The van der Waals surface area contributed by atoms with Crippen molar-refractivity contribution in [3.8, 4) is 11.1 Å². The molecule has 2 aromatic rings. The Labute approximate surface area is 205 Å². The summed E-state index contributed by atoms with van der Waals surface area (Å²) in [7, 11) is 0. The number of alkyl carbamates (subject to hydrolysis) is 1. The number of carbonyl (C=O) groups excluding carboxylic acids is 2. The molecule has 2 saturated carbocycles. The van der Waals surface area contributed by atoms with E-state index in [0.717, 1.165) is 41.5 Å². The molecule has 7 nitrogen and oxygen atoms in total. The van der Waals surface area contributed by atoms with E-state index in [9.17, 15) is 19.5 Å². The molecule has 5 atom stereocenters. The number of nitrogens with one attached hydrogen (secondary N) is 2. The number of benzene rings is 2. The molecule has 2 aromatic carbocycles. The average Bonchev–Trinajstić information content (AvgIpc) is 3.53. The van der Waals surface area contributed by atoms with Gasteiger partial charge in [-0.25, -0.2) is 4.79 Å². The van der Waals surface area contributed by atoms with E-state index >= 15 is 0 Å². The van der Waals surface area contributed by atoms with Crippen LogP contribution >= 0.6 is 0 Å². The van der Waals surface area contributed by atoms with Crippen LogP contribution in [-0.2, 0) is 14.3 Å². The van der Waals surface area contributed by atoms with Gasteiger partial charge in [-0.1, -0.05) is 62.4 Å². The summed E-state index contributed by atoms with van der Waals surface area (Å²) in [5, 5.41) is 15.4. The summed E-state index contributed by atoms with van der Waals surface area (Å²) in [6, 6.07) is 15.0. The topological polar surface area (TPSA) is 105 Å². The molecule has 2 bridgehead atoms. The van der Waals surface area contributed by atoms with Gasteiger partial charge in [0.05, 0.1) is 5.92 Å². The summed E-state index contributed by atoms with van der Waals surface area (Å²) in [5.74, 6) is -1.70. The second kappa shape index (κ2) is 9.36. The molecule has 0 saturated heterocycles. The van der Waals surface area contributed by atoms with E-state index in [1.807, 2.05) is 38.1 Å². The van der Waals surface area contributed by atoms with E-state index < -0.39 is 24.0 Å². The van der Waals surface area contributed by atoms with Gasteiger partial charge in [-0.15, -0.1) is 0 Å². The number of fused-ring (bicyclic) bond motifs is 5. The molecular weight excluding hydrogens is 444 g/mol. The highest BCUT2D eigenvalue weighted by molar-refractivity contribution is 5.87. The molecule has 3 aliphatic carbocycles. The fourth-order valence-electron chi connectivity index (χ4n) is 6.41. The summed E-state index contributed by atoms with van der Waals surface area (Å²) < 4.78 is 5.63. The zero-order chi connectivity index (χ0) is 24.7. The minimum absolute atomic E-state index is 0.0650. The van der Waals surface area contributed by atoms with Crippen LogP contribution in [0.2, 0.25) is 0 Å². The molecule has 0 aliphatic heterocycles. The summed E-state index contributed by atoms with van der Waals surface area (Å²) in [6.45, 7) is 3.87. The van der Waals surface area contributed by atoms with Crippen molar-refractivity contribution in [2.75, 3.05) is 6.61 Å². The molecule has 0 radical (unpaired) electrons. The number of carboxylic acids is 1. The average molecular weight is 477 g/mol. The number of carboxylic acid groups (broad SMARTS) is 1. The van der Waals surface area contributed by atoms with Gasteiger partial charge in [-0.2, -0.15) is 0 Å². The molecule has 5 rings (SSSR count). The Hall–Kier alpha value is -3.35. The third-order valence-electron chi connectivity index (χ3n) is 8.08. The van der Waals surface area contributed by atoms with Crippen LogP contribution in [0.25, 0.3) is 11.1 Å². The van der Waals surface area contributed by atoms with Crippen molar-refractivity contribution in [3.63, 3.8) is 0 Å². The number of rotatable bonds is 7. The molecule has 0 aromatic heterocycles. The molecule has 0 heterocycles. The van der Waals surface area contributed by atoms with Crippen molar-refractivity contribution >= 4 is 18.0 Å². The van der Waals surface area contributed by atoms with Crippen LogP contribution in [0.3, 0.4) is 0 Å². The van der Waals surface area contributed by atoms with Crippen LogP contribution in [0.15, 0.2) is 48.5 Å². The number of hydrogen-bond donors (Lipinski definition) is 3. The lowest BCUT2D eigenvalue weighted by Gasteiger charge is -2.31. The maximum atomic E-state index is 13.1. The van der Waals surface area contributed by atoms with E-state index in [1.165, 1.54) is 0 Å². The minimum Gasteiger partial charge on any atom is -0.481 e. The van der Waals surface area contributed by atoms with Gasteiger partial charge in [-0.3, -0.25) is 9.59 Å². The van der Waals surface area contributed by atoms with Gasteiger partial charge >= 0.3 is 12.1 Å². The van der Waals surface area contributed by atoms with E-state index in [4.69, 9.17) is 4.74 Å². The maximum Gasteiger partial charge on any atom is 0.407 e. The van der Waals surface area contributed by atoms with Gasteiger partial charge < -0.3 is 20.5 Å². The van der Waals surface area contributed by atoms with Crippen molar-refractivity contribution in [3.05, 3.63) is 59.7 Å². The highest BCUT2D eigenvalue weighted by Gasteiger charge is 2.52. The number of hydrogen-bond acceptors (Lipinski definition) is 4. The monoisotopic (exact) mass is 476 g/mol. The van der Waals surface area contributed by atoms with Crippen LogP contribution < -0.4 is 10.6 Å². The van der Waals surface area contributed by atoms with Crippen molar-refractivity contribution in [2.24, 2.45) is 23.7 Å². The second-order valence-electron chi connectivity index (χ2n) is 10.4. The molecule has 4 unspecified atom stereocenters. The van der Waals surface area contributed by atoms with Crippen molar-refractivity contribution in [1.29, 1.82) is 0 Å². The maximum absolute atomic E-state index is 13.1. The number of amides is 2.